The molecular formula is C14H17NO3. The van der Waals surface area contributed by atoms with Crippen molar-refractivity contribution in [2.45, 2.75) is 25.2 Å². The first kappa shape index (κ1) is 12.8. The van der Waals surface area contributed by atoms with Crippen LogP contribution in [-0.4, -0.2) is 23.4 Å². The number of hydrogen-bond acceptors (Lipinski definition) is 3. The maximum atomic E-state index is 11.8. The van der Waals surface area contributed by atoms with Gasteiger partial charge in [0, 0.05) is 11.5 Å². The predicted molar refractivity (Wildman–Crippen MR) is 67.1 cm³/mol. The van der Waals surface area contributed by atoms with Crippen molar-refractivity contribution in [3.8, 4) is 0 Å². The van der Waals surface area contributed by atoms with E-state index in [9.17, 15) is 14.7 Å². The third kappa shape index (κ3) is 2.16. The number of rotatable bonds is 5. The second kappa shape index (κ2) is 4.53. The van der Waals surface area contributed by atoms with Crippen LogP contribution in [0.2, 0.25) is 0 Å². The lowest BCUT2D eigenvalue weighted by Gasteiger charge is -2.23. The van der Waals surface area contributed by atoms with Gasteiger partial charge in [0.1, 0.15) is 0 Å². The quantitative estimate of drug-likeness (QED) is 0.762. The van der Waals surface area contributed by atoms with Crippen LogP contribution in [0.15, 0.2) is 24.3 Å². The molecule has 4 nitrogen and oxygen atoms in total. The molecule has 1 unspecified atom stereocenters. The number of aliphatic hydroxyl groups excluding tert-OH is 1. The molecule has 0 radical (unpaired) electrons. The van der Waals surface area contributed by atoms with Crippen molar-refractivity contribution in [2.24, 2.45) is 11.7 Å². The number of amides is 1. The van der Waals surface area contributed by atoms with Crippen LogP contribution in [0.1, 0.15) is 35.7 Å². The van der Waals surface area contributed by atoms with Gasteiger partial charge in [-0.15, -0.1) is 0 Å². The molecule has 1 amide bonds. The van der Waals surface area contributed by atoms with E-state index in [4.69, 9.17) is 5.73 Å². The smallest absolute Gasteiger partial charge is 0.230 e. The molecule has 18 heavy (non-hydrogen) atoms. The number of Topliss-reactive ketones (excluding diaryl/α,β-unsaturated/α-hetero) is 1. The fourth-order valence-electron chi connectivity index (χ4n) is 1.90. The lowest BCUT2D eigenvalue weighted by Crippen LogP contribution is -2.41. The maximum absolute atomic E-state index is 11.8. The Balaban J connectivity index is 2.26. The normalized spacial score (nSPS) is 18.1. The van der Waals surface area contributed by atoms with Gasteiger partial charge in [0.05, 0.1) is 12.0 Å². The molecule has 0 heterocycles. The highest BCUT2D eigenvalue weighted by Crippen LogP contribution is 2.33. The summed E-state index contributed by atoms with van der Waals surface area (Å²) in [5, 5.41) is 9.32. The minimum atomic E-state index is -1.10. The second-order valence-corrected chi connectivity index (χ2v) is 5.07. The average Bonchev–Trinajstić information content (AvgIpc) is 3.21. The highest BCUT2D eigenvalue weighted by Gasteiger charge is 2.34. The van der Waals surface area contributed by atoms with Crippen molar-refractivity contribution in [3.63, 3.8) is 0 Å². The summed E-state index contributed by atoms with van der Waals surface area (Å²) < 4.78 is 0. The first-order valence-electron chi connectivity index (χ1n) is 6.04. The Bertz CT molecular complexity index is 476. The van der Waals surface area contributed by atoms with Crippen molar-refractivity contribution in [1.29, 1.82) is 0 Å². The van der Waals surface area contributed by atoms with Gasteiger partial charge in [-0.3, -0.25) is 9.59 Å². The number of benzene rings is 1. The van der Waals surface area contributed by atoms with Crippen LogP contribution < -0.4 is 5.73 Å². The molecule has 1 saturated carbocycles. The molecule has 1 aliphatic rings. The maximum Gasteiger partial charge on any atom is 0.230 e. The third-order valence-corrected chi connectivity index (χ3v) is 3.61. The third-order valence-electron chi connectivity index (χ3n) is 3.61. The summed E-state index contributed by atoms with van der Waals surface area (Å²) in [4.78, 5) is 23.2. The summed E-state index contributed by atoms with van der Waals surface area (Å²) in [5.41, 5.74) is 5.50. The molecule has 2 rings (SSSR count). The van der Waals surface area contributed by atoms with E-state index >= 15 is 0 Å². The topological polar surface area (TPSA) is 80.4 Å². The molecule has 4 heteroatoms. The summed E-state index contributed by atoms with van der Waals surface area (Å²) in [5.74, 6) is -0.242. The van der Waals surface area contributed by atoms with Crippen LogP contribution in [-0.2, 0) is 10.2 Å². The molecule has 1 aromatic rings. The Morgan fingerprint density at radius 3 is 2.28 bits per heavy atom. The highest BCUT2D eigenvalue weighted by atomic mass is 16.3. The number of primary amides is 1. The van der Waals surface area contributed by atoms with Crippen molar-refractivity contribution in [1.82, 2.24) is 0 Å². The standard InChI is InChI=1S/C14H17NO3/c1-14(8-16,13(15)18)11-6-4-10(5-7-11)12(17)9-2-3-9/h4-7,9,16H,2-3,8H2,1H3,(H2,15,18). The zero-order valence-corrected chi connectivity index (χ0v) is 10.3. The number of nitrogens with two attached hydrogens (primary N) is 1. The van der Waals surface area contributed by atoms with Crippen LogP contribution in [0.5, 0.6) is 0 Å². The zero-order valence-electron chi connectivity index (χ0n) is 10.3. The van der Waals surface area contributed by atoms with Crippen molar-refractivity contribution < 1.29 is 14.7 Å². The molecule has 0 aromatic heterocycles. The first-order valence-corrected chi connectivity index (χ1v) is 6.04. The fraction of sp³-hybridized carbons (Fsp3) is 0.429. The van der Waals surface area contributed by atoms with E-state index < -0.39 is 11.3 Å². The van der Waals surface area contributed by atoms with E-state index in [0.29, 0.717) is 11.1 Å². The van der Waals surface area contributed by atoms with Gasteiger partial charge in [-0.2, -0.15) is 0 Å². The number of carbonyl (C=O) groups excluding carboxylic acids is 2. The van der Waals surface area contributed by atoms with Gasteiger partial charge in [0.15, 0.2) is 5.78 Å². The minimum absolute atomic E-state index is 0.159. The van der Waals surface area contributed by atoms with Gasteiger partial charge < -0.3 is 10.8 Å². The van der Waals surface area contributed by atoms with Crippen LogP contribution >= 0.6 is 0 Å². The van der Waals surface area contributed by atoms with E-state index in [1.54, 1.807) is 31.2 Å². The molecule has 1 aliphatic carbocycles. The molecular weight excluding hydrogens is 230 g/mol. The number of ketones is 1. The summed E-state index contributed by atoms with van der Waals surface area (Å²) in [6.07, 6.45) is 1.94. The molecule has 0 bridgehead atoms. The summed E-state index contributed by atoms with van der Waals surface area (Å²) in [6.45, 7) is 1.24. The lowest BCUT2D eigenvalue weighted by molar-refractivity contribution is -0.124. The summed E-state index contributed by atoms with van der Waals surface area (Å²) in [7, 11) is 0. The zero-order chi connectivity index (χ0) is 13.3. The van der Waals surface area contributed by atoms with Crippen LogP contribution in [0.3, 0.4) is 0 Å². The Labute approximate surface area is 106 Å². The Morgan fingerprint density at radius 1 is 1.33 bits per heavy atom. The summed E-state index contributed by atoms with van der Waals surface area (Å²) >= 11 is 0. The van der Waals surface area contributed by atoms with Crippen molar-refractivity contribution in [3.05, 3.63) is 35.4 Å². The monoisotopic (exact) mass is 247 g/mol. The van der Waals surface area contributed by atoms with E-state index in [1.165, 1.54) is 0 Å². The Hall–Kier alpha value is -1.68. The van der Waals surface area contributed by atoms with Crippen molar-refractivity contribution in [2.75, 3.05) is 6.61 Å². The first-order chi connectivity index (χ1) is 8.49. The van der Waals surface area contributed by atoms with Crippen LogP contribution in [0, 0.1) is 5.92 Å². The Morgan fingerprint density at radius 2 is 1.89 bits per heavy atom. The second-order valence-electron chi connectivity index (χ2n) is 5.07. The van der Waals surface area contributed by atoms with Gasteiger partial charge in [-0.25, -0.2) is 0 Å². The van der Waals surface area contributed by atoms with Gasteiger partial charge >= 0.3 is 0 Å². The Kier molecular flexibility index (Phi) is 3.22. The van der Waals surface area contributed by atoms with E-state index in [2.05, 4.69) is 0 Å². The SMILES string of the molecule is CC(CO)(C(N)=O)c1ccc(C(=O)C2CC2)cc1. The fourth-order valence-corrected chi connectivity index (χ4v) is 1.90. The molecule has 3 N–H and O–H groups in total. The van der Waals surface area contributed by atoms with Gasteiger partial charge in [-0.1, -0.05) is 24.3 Å². The highest BCUT2D eigenvalue weighted by molar-refractivity contribution is 5.99. The molecule has 1 fully saturated rings. The largest absolute Gasteiger partial charge is 0.395 e. The molecule has 0 saturated heterocycles. The lowest BCUT2D eigenvalue weighted by atomic mass is 9.82. The van der Waals surface area contributed by atoms with E-state index in [0.717, 1.165) is 12.8 Å². The van der Waals surface area contributed by atoms with Crippen molar-refractivity contribution >= 4 is 11.7 Å². The van der Waals surface area contributed by atoms with Crippen LogP contribution in [0.4, 0.5) is 0 Å². The predicted octanol–water partition coefficient (Wildman–Crippen LogP) is 1.01. The van der Waals surface area contributed by atoms with E-state index in [-0.39, 0.29) is 18.3 Å². The minimum Gasteiger partial charge on any atom is -0.395 e. The molecule has 96 valence electrons. The molecule has 1 aromatic carbocycles. The number of aliphatic hydroxyl groups is 1. The molecule has 1 atom stereocenters. The van der Waals surface area contributed by atoms with Gasteiger partial charge in [-0.05, 0) is 25.3 Å². The summed E-state index contributed by atoms with van der Waals surface area (Å²) in [6, 6.07) is 6.78. The van der Waals surface area contributed by atoms with Gasteiger partial charge in [0.2, 0.25) is 5.91 Å². The van der Waals surface area contributed by atoms with Gasteiger partial charge in [0.25, 0.3) is 0 Å². The average molecular weight is 247 g/mol. The molecule has 0 spiro atoms. The molecule has 0 aliphatic heterocycles. The number of carbonyl (C=O) groups is 2. The number of hydrogen-bond donors (Lipinski definition) is 2. The van der Waals surface area contributed by atoms with Crippen LogP contribution in [0.25, 0.3) is 0 Å². The van der Waals surface area contributed by atoms with E-state index in [1.807, 2.05) is 0 Å².